The predicted octanol–water partition coefficient (Wildman–Crippen LogP) is 4.27. The molecule has 2 aromatic carbocycles. The first-order valence-electron chi connectivity index (χ1n) is 14.0. The van der Waals surface area contributed by atoms with Crippen molar-refractivity contribution in [1.82, 2.24) is 9.80 Å². The van der Waals surface area contributed by atoms with Crippen molar-refractivity contribution in [2.45, 2.75) is 50.9 Å². The molecule has 0 radical (unpaired) electrons. The molecule has 0 spiro atoms. The monoisotopic (exact) mass is 618 g/mol. The summed E-state index contributed by atoms with van der Waals surface area (Å²) >= 11 is 0. The Morgan fingerprint density at radius 2 is 1.66 bits per heavy atom. The van der Waals surface area contributed by atoms with Gasteiger partial charge in [-0.15, -0.1) is 0 Å². The number of hydrogen-bond donors (Lipinski definition) is 1. The average Bonchev–Trinajstić information content (AvgIpc) is 3.45. The Balaban J connectivity index is 0.000000566. The third-order valence-electron chi connectivity index (χ3n) is 8.62. The largest absolute Gasteiger partial charge is 0.496 e. The molecule has 3 heterocycles. The Labute approximate surface area is 251 Å². The second-order valence-corrected chi connectivity index (χ2v) is 10.8. The van der Waals surface area contributed by atoms with Crippen LogP contribution in [0.4, 0.5) is 13.2 Å². The zero-order valence-corrected chi connectivity index (χ0v) is 24.6. The SMILES string of the molecule is CCN1C(=O)C2C(c3ccc(-c4ccc(C(C)=O)cc4)c(OC)c3)N3CCCC[C@@]3(C(=O)OC)C2C1=O.O=C(O)C(F)(F)F. The van der Waals surface area contributed by atoms with Gasteiger partial charge in [-0.25, -0.2) is 4.79 Å². The number of likely N-dealkylation sites (tertiary alicyclic amines) is 1. The fourth-order valence-corrected chi connectivity index (χ4v) is 6.74. The minimum absolute atomic E-state index is 0.00262. The number of carboxylic acid groups (broad SMARTS) is 1. The van der Waals surface area contributed by atoms with Crippen molar-refractivity contribution in [3.63, 3.8) is 0 Å². The highest BCUT2D eigenvalue weighted by Gasteiger charge is 2.72. The molecule has 3 aliphatic rings. The van der Waals surface area contributed by atoms with E-state index in [2.05, 4.69) is 4.90 Å². The molecule has 0 aliphatic carbocycles. The lowest BCUT2D eigenvalue weighted by Crippen LogP contribution is -2.59. The number of hydrogen-bond acceptors (Lipinski definition) is 8. The number of carboxylic acids is 1. The van der Waals surface area contributed by atoms with Crippen molar-refractivity contribution in [2.75, 3.05) is 27.3 Å². The van der Waals surface area contributed by atoms with E-state index in [0.717, 1.165) is 29.5 Å². The Morgan fingerprint density at radius 3 is 2.18 bits per heavy atom. The second kappa shape index (κ2) is 12.4. The zero-order chi connectivity index (χ0) is 32.6. The summed E-state index contributed by atoms with van der Waals surface area (Å²) in [6.07, 6.45) is -2.95. The molecule has 236 valence electrons. The first-order chi connectivity index (χ1) is 20.7. The van der Waals surface area contributed by atoms with E-state index in [4.69, 9.17) is 19.4 Å². The predicted molar refractivity (Wildman–Crippen MR) is 150 cm³/mol. The molecule has 1 N–H and O–H groups in total. The van der Waals surface area contributed by atoms with Gasteiger partial charge in [-0.05, 0) is 56.8 Å². The molecule has 10 nitrogen and oxygen atoms in total. The minimum Gasteiger partial charge on any atom is -0.496 e. The van der Waals surface area contributed by atoms with Crippen molar-refractivity contribution >= 4 is 29.5 Å². The number of aliphatic carboxylic acids is 1. The first kappa shape index (κ1) is 32.6. The normalized spacial score (nSPS) is 24.6. The second-order valence-electron chi connectivity index (χ2n) is 10.8. The van der Waals surface area contributed by atoms with Gasteiger partial charge < -0.3 is 14.6 Å². The van der Waals surface area contributed by atoms with Crippen LogP contribution in [-0.2, 0) is 23.9 Å². The Hall–Kier alpha value is -4.26. The molecule has 0 aromatic heterocycles. The van der Waals surface area contributed by atoms with E-state index in [1.165, 1.54) is 18.9 Å². The van der Waals surface area contributed by atoms with Crippen LogP contribution in [0.1, 0.15) is 55.1 Å². The number of piperidine rings is 1. The molecule has 3 aliphatic heterocycles. The number of halogens is 3. The minimum atomic E-state index is -5.08. The molecule has 3 fully saturated rings. The molecule has 0 saturated carbocycles. The van der Waals surface area contributed by atoms with Crippen LogP contribution >= 0.6 is 0 Å². The third kappa shape index (κ3) is 5.44. The standard InChI is InChI=1S/C29H32N2O6.C2HF3O2/c1-5-30-26(33)23-24(27(30)34)29(28(35)37-4)14-6-7-15-31(29)25(23)20-12-13-21(22(16-20)36-3)19-10-8-18(9-11-19)17(2)32;3-2(4,5)1(6)7/h8-13,16,23-25H,5-7,14-15H2,1-4H3;(H,6,7)/t23?,24?,25?,29-;/m0./s1. The maximum Gasteiger partial charge on any atom is 0.490 e. The number of methoxy groups -OCH3 is 2. The van der Waals surface area contributed by atoms with Gasteiger partial charge in [-0.1, -0.05) is 36.4 Å². The lowest BCUT2D eigenvalue weighted by Gasteiger charge is -2.44. The number of fused-ring (bicyclic) bond motifs is 3. The summed E-state index contributed by atoms with van der Waals surface area (Å²) in [6.45, 7) is 4.18. The zero-order valence-electron chi connectivity index (χ0n) is 24.6. The first-order valence-corrected chi connectivity index (χ1v) is 14.0. The molecular formula is C31H33F3N2O8. The number of carbonyl (C=O) groups excluding carboxylic acids is 4. The lowest BCUT2D eigenvalue weighted by molar-refractivity contribution is -0.192. The van der Waals surface area contributed by atoms with E-state index < -0.39 is 41.5 Å². The molecule has 5 rings (SSSR count). The number of ether oxygens (including phenoxy) is 2. The average molecular weight is 619 g/mol. The maximum atomic E-state index is 13.6. The van der Waals surface area contributed by atoms with Gasteiger partial charge in [0.2, 0.25) is 11.8 Å². The van der Waals surface area contributed by atoms with Crippen LogP contribution in [0.15, 0.2) is 42.5 Å². The number of esters is 1. The quantitative estimate of drug-likeness (QED) is 0.287. The summed E-state index contributed by atoms with van der Waals surface area (Å²) in [5.41, 5.74) is 2.03. The maximum absolute atomic E-state index is 13.6. The number of Topliss-reactive ketones (excluding diaryl/α,β-unsaturated/α-hetero) is 1. The number of carbonyl (C=O) groups is 5. The Bertz CT molecular complexity index is 1480. The fraction of sp³-hybridized carbons (Fsp3) is 0.452. The van der Waals surface area contributed by atoms with Gasteiger partial charge in [-0.3, -0.25) is 29.0 Å². The van der Waals surface area contributed by atoms with E-state index in [1.807, 2.05) is 30.3 Å². The molecule has 13 heteroatoms. The van der Waals surface area contributed by atoms with Gasteiger partial charge in [-0.2, -0.15) is 13.2 Å². The number of nitrogens with zero attached hydrogens (tertiary/aromatic N) is 2. The van der Waals surface area contributed by atoms with E-state index in [1.54, 1.807) is 26.2 Å². The molecule has 2 aromatic rings. The topological polar surface area (TPSA) is 131 Å². The van der Waals surface area contributed by atoms with Crippen LogP contribution in [0.5, 0.6) is 5.75 Å². The Morgan fingerprint density at radius 1 is 1.02 bits per heavy atom. The number of ketones is 1. The third-order valence-corrected chi connectivity index (χ3v) is 8.62. The summed E-state index contributed by atoms with van der Waals surface area (Å²) < 4.78 is 42.8. The Kier molecular flexibility index (Phi) is 9.19. The van der Waals surface area contributed by atoms with Gasteiger partial charge in [0.25, 0.3) is 0 Å². The number of imide groups is 1. The smallest absolute Gasteiger partial charge is 0.490 e. The van der Waals surface area contributed by atoms with E-state index in [-0.39, 0.29) is 24.1 Å². The molecule has 0 bridgehead atoms. The molecule has 3 saturated heterocycles. The van der Waals surface area contributed by atoms with Gasteiger partial charge in [0.1, 0.15) is 11.3 Å². The summed E-state index contributed by atoms with van der Waals surface area (Å²) in [5.74, 6) is -4.56. The molecular weight excluding hydrogens is 585 g/mol. The molecule has 4 atom stereocenters. The van der Waals surface area contributed by atoms with Crippen LogP contribution < -0.4 is 4.74 Å². The number of benzene rings is 2. The summed E-state index contributed by atoms with van der Waals surface area (Å²) in [6, 6.07) is 12.7. The van der Waals surface area contributed by atoms with E-state index >= 15 is 0 Å². The van der Waals surface area contributed by atoms with Crippen LogP contribution in [0.25, 0.3) is 11.1 Å². The highest BCUT2D eigenvalue weighted by Crippen LogP contribution is 2.58. The molecule has 3 unspecified atom stereocenters. The highest BCUT2D eigenvalue weighted by molar-refractivity contribution is 6.09. The summed E-state index contributed by atoms with van der Waals surface area (Å²) in [5, 5.41) is 7.12. The van der Waals surface area contributed by atoms with Gasteiger partial charge in [0, 0.05) is 23.7 Å². The van der Waals surface area contributed by atoms with Crippen molar-refractivity contribution in [3.05, 3.63) is 53.6 Å². The van der Waals surface area contributed by atoms with Crippen molar-refractivity contribution < 1.29 is 51.7 Å². The van der Waals surface area contributed by atoms with Crippen LogP contribution in [-0.4, -0.2) is 83.5 Å². The fourth-order valence-electron chi connectivity index (χ4n) is 6.74. The van der Waals surface area contributed by atoms with Crippen molar-refractivity contribution in [1.29, 1.82) is 0 Å². The van der Waals surface area contributed by atoms with Gasteiger partial charge in [0.05, 0.1) is 26.1 Å². The number of amides is 2. The molecule has 44 heavy (non-hydrogen) atoms. The summed E-state index contributed by atoms with van der Waals surface area (Å²) in [7, 11) is 2.94. The number of rotatable bonds is 6. The van der Waals surface area contributed by atoms with Crippen LogP contribution in [0.2, 0.25) is 0 Å². The van der Waals surface area contributed by atoms with Crippen LogP contribution in [0.3, 0.4) is 0 Å². The van der Waals surface area contributed by atoms with E-state index in [9.17, 15) is 32.3 Å². The molecule has 2 amide bonds. The van der Waals surface area contributed by atoms with Gasteiger partial charge >= 0.3 is 18.1 Å². The lowest BCUT2D eigenvalue weighted by atomic mass is 9.75. The van der Waals surface area contributed by atoms with Crippen molar-refractivity contribution in [3.8, 4) is 16.9 Å². The van der Waals surface area contributed by atoms with Crippen LogP contribution in [0, 0.1) is 11.8 Å². The highest BCUT2D eigenvalue weighted by atomic mass is 19.4. The van der Waals surface area contributed by atoms with Gasteiger partial charge in [0.15, 0.2) is 5.78 Å². The van der Waals surface area contributed by atoms with E-state index in [0.29, 0.717) is 24.3 Å². The number of alkyl halides is 3. The van der Waals surface area contributed by atoms with Crippen molar-refractivity contribution in [2.24, 2.45) is 11.8 Å². The summed E-state index contributed by atoms with van der Waals surface area (Å²) in [4.78, 5) is 64.5.